The molecule has 1 aromatic rings. The molecule has 0 bridgehead atoms. The van der Waals surface area contributed by atoms with E-state index in [0.29, 0.717) is 25.3 Å². The maximum Gasteiger partial charge on any atom is 0.226 e. The Morgan fingerprint density at radius 1 is 1.41 bits per heavy atom. The van der Waals surface area contributed by atoms with Crippen LogP contribution in [0.4, 0.5) is 0 Å². The van der Waals surface area contributed by atoms with Crippen molar-refractivity contribution in [1.29, 1.82) is 0 Å². The highest BCUT2D eigenvalue weighted by atomic mass is 32.2. The van der Waals surface area contributed by atoms with Gasteiger partial charge in [-0.05, 0) is 25.8 Å². The first-order valence-electron chi connectivity index (χ1n) is 7.80. The number of hydrogen-bond acceptors (Lipinski definition) is 4. The van der Waals surface area contributed by atoms with E-state index in [2.05, 4.69) is 9.82 Å². The average Bonchev–Trinajstić information content (AvgIpc) is 2.85. The SMILES string of the molecule is CCS(=O)(=O)NCc1cc2n(n1)CCN(C(=O)C1CCC1)C2. The second-order valence-electron chi connectivity index (χ2n) is 5.96. The van der Waals surface area contributed by atoms with Crippen LogP contribution in [0, 0.1) is 5.92 Å². The van der Waals surface area contributed by atoms with Crippen LogP contribution in [0.1, 0.15) is 37.6 Å². The molecule has 0 radical (unpaired) electrons. The van der Waals surface area contributed by atoms with Crippen LogP contribution < -0.4 is 4.72 Å². The van der Waals surface area contributed by atoms with E-state index in [1.807, 2.05) is 15.6 Å². The monoisotopic (exact) mass is 326 g/mol. The van der Waals surface area contributed by atoms with Gasteiger partial charge in [0.2, 0.25) is 15.9 Å². The van der Waals surface area contributed by atoms with E-state index in [9.17, 15) is 13.2 Å². The van der Waals surface area contributed by atoms with E-state index in [4.69, 9.17) is 0 Å². The second-order valence-corrected chi connectivity index (χ2v) is 8.06. The summed E-state index contributed by atoms with van der Waals surface area (Å²) in [5.74, 6) is 0.529. The number of nitrogens with one attached hydrogen (secondary N) is 1. The van der Waals surface area contributed by atoms with E-state index >= 15 is 0 Å². The van der Waals surface area contributed by atoms with Crippen LogP contribution in [0.3, 0.4) is 0 Å². The lowest BCUT2D eigenvalue weighted by Crippen LogP contribution is -2.43. The number of sulfonamides is 1. The Hall–Kier alpha value is -1.41. The summed E-state index contributed by atoms with van der Waals surface area (Å²) < 4.78 is 27.3. The number of carbonyl (C=O) groups excluding carboxylic acids is 1. The molecule has 0 unspecified atom stereocenters. The summed E-state index contributed by atoms with van der Waals surface area (Å²) in [5.41, 5.74) is 1.68. The van der Waals surface area contributed by atoms with Crippen molar-refractivity contribution in [3.05, 3.63) is 17.5 Å². The summed E-state index contributed by atoms with van der Waals surface area (Å²) in [4.78, 5) is 14.2. The summed E-state index contributed by atoms with van der Waals surface area (Å²) in [6.45, 7) is 3.73. The van der Waals surface area contributed by atoms with Crippen LogP contribution >= 0.6 is 0 Å². The fraction of sp³-hybridized carbons (Fsp3) is 0.714. The van der Waals surface area contributed by atoms with E-state index in [0.717, 1.165) is 25.0 Å². The second kappa shape index (κ2) is 6.00. The van der Waals surface area contributed by atoms with Crippen LogP contribution in [-0.2, 0) is 34.5 Å². The molecule has 1 aliphatic carbocycles. The molecule has 122 valence electrons. The molecule has 1 aromatic heterocycles. The highest BCUT2D eigenvalue weighted by Gasteiger charge is 2.31. The van der Waals surface area contributed by atoms with Gasteiger partial charge in [0.25, 0.3) is 0 Å². The first-order valence-corrected chi connectivity index (χ1v) is 9.45. The highest BCUT2D eigenvalue weighted by molar-refractivity contribution is 7.89. The molecule has 1 aliphatic heterocycles. The quantitative estimate of drug-likeness (QED) is 0.852. The third kappa shape index (κ3) is 3.17. The van der Waals surface area contributed by atoms with Gasteiger partial charge in [-0.2, -0.15) is 5.10 Å². The lowest BCUT2D eigenvalue weighted by molar-refractivity contribution is -0.139. The minimum atomic E-state index is -3.21. The average molecular weight is 326 g/mol. The Morgan fingerprint density at radius 2 is 2.18 bits per heavy atom. The van der Waals surface area contributed by atoms with Gasteiger partial charge >= 0.3 is 0 Å². The Balaban J connectivity index is 1.63. The lowest BCUT2D eigenvalue weighted by atomic mass is 9.84. The predicted octanol–water partition coefficient (Wildman–Crippen LogP) is 0.465. The van der Waals surface area contributed by atoms with Gasteiger partial charge in [-0.1, -0.05) is 6.42 Å². The van der Waals surface area contributed by atoms with Gasteiger partial charge in [-0.15, -0.1) is 0 Å². The van der Waals surface area contributed by atoms with Crippen LogP contribution in [0.15, 0.2) is 6.07 Å². The summed E-state index contributed by atoms with van der Waals surface area (Å²) in [5, 5.41) is 4.41. The molecule has 0 atom stereocenters. The van der Waals surface area contributed by atoms with Gasteiger partial charge in [-0.25, -0.2) is 13.1 Å². The smallest absolute Gasteiger partial charge is 0.226 e. The fourth-order valence-corrected chi connectivity index (χ4v) is 3.37. The maximum absolute atomic E-state index is 12.3. The van der Waals surface area contributed by atoms with Gasteiger partial charge in [0, 0.05) is 12.5 Å². The molecule has 1 amide bonds. The van der Waals surface area contributed by atoms with Gasteiger partial charge in [-0.3, -0.25) is 9.48 Å². The standard InChI is InChI=1S/C14H22N4O3S/c1-2-22(20,21)15-9-12-8-13-10-17(6-7-18(13)16-12)14(19)11-4-3-5-11/h8,11,15H,2-7,9-10H2,1H3. The minimum Gasteiger partial charge on any atom is -0.335 e. The number of fused-ring (bicyclic) bond motifs is 1. The van der Waals surface area contributed by atoms with E-state index < -0.39 is 10.0 Å². The first kappa shape index (κ1) is 15.5. The molecule has 0 spiro atoms. The topological polar surface area (TPSA) is 84.3 Å². The van der Waals surface area contributed by atoms with Crippen molar-refractivity contribution >= 4 is 15.9 Å². The number of rotatable bonds is 5. The Morgan fingerprint density at radius 3 is 2.82 bits per heavy atom. The zero-order valence-corrected chi connectivity index (χ0v) is 13.6. The minimum absolute atomic E-state index is 0.0598. The van der Waals surface area contributed by atoms with Gasteiger partial charge in [0.05, 0.1) is 36.8 Å². The molecule has 1 N–H and O–H groups in total. The van der Waals surface area contributed by atoms with Crippen molar-refractivity contribution in [2.75, 3.05) is 12.3 Å². The van der Waals surface area contributed by atoms with Crippen LogP contribution in [-0.4, -0.2) is 41.3 Å². The van der Waals surface area contributed by atoms with Crippen molar-refractivity contribution in [3.8, 4) is 0 Å². The zero-order valence-electron chi connectivity index (χ0n) is 12.8. The molecular formula is C14H22N4O3S. The fourth-order valence-electron chi connectivity index (χ4n) is 2.80. The predicted molar refractivity (Wildman–Crippen MR) is 81.3 cm³/mol. The van der Waals surface area contributed by atoms with Crippen molar-refractivity contribution in [2.24, 2.45) is 5.92 Å². The van der Waals surface area contributed by atoms with Crippen molar-refractivity contribution in [2.45, 2.75) is 45.8 Å². The van der Waals surface area contributed by atoms with Gasteiger partial charge < -0.3 is 4.90 Å². The third-order valence-electron chi connectivity index (χ3n) is 4.47. The number of nitrogens with zero attached hydrogens (tertiary/aromatic N) is 3. The number of carbonyl (C=O) groups is 1. The molecule has 7 nitrogen and oxygen atoms in total. The largest absolute Gasteiger partial charge is 0.335 e. The summed E-state index contributed by atoms with van der Waals surface area (Å²) >= 11 is 0. The van der Waals surface area contributed by atoms with E-state index in [1.165, 1.54) is 0 Å². The van der Waals surface area contributed by atoms with Crippen molar-refractivity contribution < 1.29 is 13.2 Å². The van der Waals surface area contributed by atoms with Crippen LogP contribution in [0.2, 0.25) is 0 Å². The molecule has 0 saturated heterocycles. The van der Waals surface area contributed by atoms with Crippen molar-refractivity contribution in [1.82, 2.24) is 19.4 Å². The van der Waals surface area contributed by atoms with Crippen LogP contribution in [0.25, 0.3) is 0 Å². The van der Waals surface area contributed by atoms with Gasteiger partial charge in [0.15, 0.2) is 0 Å². The molecule has 0 aromatic carbocycles. The molecule has 22 heavy (non-hydrogen) atoms. The lowest BCUT2D eigenvalue weighted by Gasteiger charge is -2.34. The number of hydrogen-bond donors (Lipinski definition) is 1. The van der Waals surface area contributed by atoms with Gasteiger partial charge in [0.1, 0.15) is 0 Å². The summed E-state index contributed by atoms with van der Waals surface area (Å²) in [6, 6.07) is 1.89. The van der Waals surface area contributed by atoms with Crippen molar-refractivity contribution in [3.63, 3.8) is 0 Å². The maximum atomic E-state index is 12.3. The molecule has 2 heterocycles. The Bertz CT molecular complexity index is 664. The summed E-state index contributed by atoms with van der Waals surface area (Å²) in [6.07, 6.45) is 3.18. The molecule has 8 heteroatoms. The highest BCUT2D eigenvalue weighted by Crippen LogP contribution is 2.29. The molecule has 3 rings (SSSR count). The summed E-state index contributed by atoms with van der Waals surface area (Å²) in [7, 11) is -3.21. The first-order chi connectivity index (χ1) is 10.5. The number of aromatic nitrogens is 2. The van der Waals surface area contributed by atoms with E-state index in [1.54, 1.807) is 6.92 Å². The molecule has 1 fully saturated rings. The number of amides is 1. The molecule has 1 saturated carbocycles. The normalized spacial score (nSPS) is 18.9. The van der Waals surface area contributed by atoms with Crippen LogP contribution in [0.5, 0.6) is 0 Å². The molecule has 2 aliphatic rings. The Labute approximate surface area is 130 Å². The van der Waals surface area contributed by atoms with E-state index in [-0.39, 0.29) is 24.1 Å². The third-order valence-corrected chi connectivity index (χ3v) is 5.81. The zero-order chi connectivity index (χ0) is 15.7. The molecular weight excluding hydrogens is 304 g/mol. The Kier molecular flexibility index (Phi) is 4.22.